The number of ketones is 1. The SMILES string of the molecule is C[C@H]1CC/C(=C/C(=O)NC2(C(=O)CC(=O)NCc3nc(-c4nc(C(=O)NCCCCCNC(=O)OC(C)(C)C)cs4)cs3)CC2)N1C(=O)OC(C)(C)C. The Labute approximate surface area is 318 Å². The van der Waals surface area contributed by atoms with Gasteiger partial charge >= 0.3 is 12.2 Å². The van der Waals surface area contributed by atoms with Gasteiger partial charge in [0.25, 0.3) is 5.91 Å². The Morgan fingerprint density at radius 2 is 1.58 bits per heavy atom. The first-order chi connectivity index (χ1) is 24.8. The lowest BCUT2D eigenvalue weighted by Gasteiger charge is -2.28. The van der Waals surface area contributed by atoms with Crippen LogP contribution in [0.5, 0.6) is 0 Å². The van der Waals surface area contributed by atoms with E-state index in [1.807, 2.05) is 27.7 Å². The lowest BCUT2D eigenvalue weighted by atomic mass is 10.1. The molecule has 1 aliphatic carbocycles. The quantitative estimate of drug-likeness (QED) is 0.106. The number of hydrogen-bond acceptors (Lipinski definition) is 12. The molecule has 1 saturated heterocycles. The molecular formula is C36H51N7O8S2. The minimum Gasteiger partial charge on any atom is -0.444 e. The van der Waals surface area contributed by atoms with Crippen LogP contribution >= 0.6 is 22.7 Å². The number of rotatable bonds is 15. The van der Waals surface area contributed by atoms with Crippen molar-refractivity contribution < 1.29 is 38.2 Å². The number of ether oxygens (including phenoxy) is 2. The average Bonchev–Trinajstić information content (AvgIpc) is 3.36. The van der Waals surface area contributed by atoms with Crippen molar-refractivity contribution in [2.75, 3.05) is 13.1 Å². The molecule has 2 fully saturated rings. The van der Waals surface area contributed by atoms with E-state index in [2.05, 4.69) is 31.2 Å². The Morgan fingerprint density at radius 1 is 0.906 bits per heavy atom. The van der Waals surface area contributed by atoms with Crippen molar-refractivity contribution in [3.05, 3.63) is 33.2 Å². The summed E-state index contributed by atoms with van der Waals surface area (Å²) in [6.07, 6.45) is 4.37. The number of Topliss-reactive ketones (excluding diaryl/α,β-unsaturated/α-hetero) is 1. The number of aromatic nitrogens is 2. The zero-order valence-electron chi connectivity index (χ0n) is 31.5. The van der Waals surface area contributed by atoms with Crippen molar-refractivity contribution in [3.8, 4) is 10.7 Å². The van der Waals surface area contributed by atoms with Gasteiger partial charge in [0.2, 0.25) is 11.8 Å². The van der Waals surface area contributed by atoms with Gasteiger partial charge in [-0.25, -0.2) is 19.6 Å². The molecule has 0 radical (unpaired) electrons. The lowest BCUT2D eigenvalue weighted by Crippen LogP contribution is -2.44. The second-order valence-corrected chi connectivity index (χ2v) is 17.0. The van der Waals surface area contributed by atoms with Gasteiger partial charge in [0, 0.05) is 41.7 Å². The van der Waals surface area contributed by atoms with Crippen LogP contribution in [0, 0.1) is 0 Å². The molecule has 2 aromatic heterocycles. The summed E-state index contributed by atoms with van der Waals surface area (Å²) in [5.41, 5.74) is -0.933. The summed E-state index contributed by atoms with van der Waals surface area (Å²) in [6, 6.07) is -0.126. The van der Waals surface area contributed by atoms with Crippen molar-refractivity contribution in [1.29, 1.82) is 0 Å². The van der Waals surface area contributed by atoms with Gasteiger partial charge in [-0.1, -0.05) is 0 Å². The topological polar surface area (TPSA) is 198 Å². The molecule has 1 aliphatic heterocycles. The van der Waals surface area contributed by atoms with Gasteiger partial charge in [-0.3, -0.25) is 24.1 Å². The second-order valence-electron chi connectivity index (χ2n) is 15.2. The van der Waals surface area contributed by atoms with E-state index in [1.54, 1.807) is 31.5 Å². The zero-order valence-corrected chi connectivity index (χ0v) is 33.1. The van der Waals surface area contributed by atoms with Crippen molar-refractivity contribution in [2.45, 2.75) is 129 Å². The average molecular weight is 774 g/mol. The predicted molar refractivity (Wildman–Crippen MR) is 200 cm³/mol. The summed E-state index contributed by atoms with van der Waals surface area (Å²) >= 11 is 2.60. The van der Waals surface area contributed by atoms with E-state index in [9.17, 15) is 28.8 Å². The highest BCUT2D eigenvalue weighted by atomic mass is 32.1. The van der Waals surface area contributed by atoms with E-state index in [0.29, 0.717) is 60.2 Å². The minimum atomic E-state index is -1.10. The fourth-order valence-corrected chi connectivity index (χ4v) is 6.98. The highest BCUT2D eigenvalue weighted by molar-refractivity contribution is 7.14. The predicted octanol–water partition coefficient (Wildman–Crippen LogP) is 5.22. The van der Waals surface area contributed by atoms with E-state index in [4.69, 9.17) is 9.47 Å². The number of thiazole rings is 2. The molecule has 290 valence electrons. The Hall–Kier alpha value is -4.38. The Morgan fingerprint density at radius 3 is 2.25 bits per heavy atom. The third-order valence-electron chi connectivity index (χ3n) is 8.18. The smallest absolute Gasteiger partial charge is 0.414 e. The monoisotopic (exact) mass is 773 g/mol. The first-order valence-corrected chi connectivity index (χ1v) is 19.6. The lowest BCUT2D eigenvalue weighted by molar-refractivity contribution is -0.132. The Bertz CT molecular complexity index is 1700. The molecular weight excluding hydrogens is 723 g/mol. The number of carbonyl (C=O) groups excluding carboxylic acids is 6. The van der Waals surface area contributed by atoms with Crippen molar-refractivity contribution in [2.24, 2.45) is 0 Å². The number of unbranched alkanes of at least 4 members (excludes halogenated alkanes) is 2. The number of hydrogen-bond donors (Lipinski definition) is 4. The Kier molecular flexibility index (Phi) is 13.8. The van der Waals surface area contributed by atoms with Crippen molar-refractivity contribution >= 4 is 58.4 Å². The molecule has 1 atom stereocenters. The first kappa shape index (κ1) is 41.4. The summed E-state index contributed by atoms with van der Waals surface area (Å²) in [5, 5.41) is 15.7. The number of allylic oxidation sites excluding steroid dienone is 1. The largest absolute Gasteiger partial charge is 0.444 e. The Balaban J connectivity index is 1.17. The van der Waals surface area contributed by atoms with Crippen LogP contribution in [-0.4, -0.2) is 86.4 Å². The number of nitrogens with one attached hydrogen (secondary N) is 4. The number of carbonyl (C=O) groups is 6. The molecule has 53 heavy (non-hydrogen) atoms. The summed E-state index contributed by atoms with van der Waals surface area (Å²) in [6.45, 7) is 13.7. The number of alkyl carbamates (subject to hydrolysis) is 1. The van der Waals surface area contributed by atoms with Crippen LogP contribution in [0.4, 0.5) is 9.59 Å². The highest BCUT2D eigenvalue weighted by Crippen LogP contribution is 2.38. The second kappa shape index (κ2) is 17.6. The fourth-order valence-electron chi connectivity index (χ4n) is 5.42. The van der Waals surface area contributed by atoms with E-state index >= 15 is 0 Å². The molecule has 4 rings (SSSR count). The fraction of sp³-hybridized carbons (Fsp3) is 0.611. The summed E-state index contributed by atoms with van der Waals surface area (Å²) in [7, 11) is 0. The van der Waals surface area contributed by atoms with Crippen LogP contribution in [0.2, 0.25) is 0 Å². The van der Waals surface area contributed by atoms with Crippen LogP contribution in [0.1, 0.15) is 115 Å². The van der Waals surface area contributed by atoms with Gasteiger partial charge in [-0.15, -0.1) is 22.7 Å². The van der Waals surface area contributed by atoms with Crippen LogP contribution in [0.15, 0.2) is 22.5 Å². The molecule has 4 N–H and O–H groups in total. The van der Waals surface area contributed by atoms with E-state index in [-0.39, 0.29) is 30.0 Å². The number of nitrogens with zero attached hydrogens (tertiary/aromatic N) is 3. The van der Waals surface area contributed by atoms with Crippen molar-refractivity contribution in [1.82, 2.24) is 36.1 Å². The maximum absolute atomic E-state index is 13.1. The summed E-state index contributed by atoms with van der Waals surface area (Å²) in [5.74, 6) is -1.65. The first-order valence-electron chi connectivity index (χ1n) is 17.8. The van der Waals surface area contributed by atoms with E-state index in [0.717, 1.165) is 19.3 Å². The standard InChI is InChI=1S/C36H51N7O8S2/c1-22-11-12-23(43(22)33(49)51-35(5,6)7)17-28(46)42-36(13-14-36)26(44)18-27(45)39-19-29-40-25(21-52-29)31-41-24(20-53-31)30(47)37-15-9-8-10-16-38-32(48)50-34(2,3)4/h17,20-22H,8-16,18-19H2,1-7H3,(H,37,47)(H,38,48)(H,39,45)(H,42,46)/b23-17-/t22-/m0/s1. The van der Waals surface area contributed by atoms with E-state index < -0.39 is 47.2 Å². The highest BCUT2D eigenvalue weighted by Gasteiger charge is 2.51. The van der Waals surface area contributed by atoms with Crippen LogP contribution in [-0.2, 0) is 30.4 Å². The third kappa shape index (κ3) is 12.9. The molecule has 0 aromatic carbocycles. The maximum Gasteiger partial charge on any atom is 0.414 e. The molecule has 2 aromatic rings. The van der Waals surface area contributed by atoms with Gasteiger partial charge in [-0.05, 0) is 93.4 Å². The third-order valence-corrected chi connectivity index (χ3v) is 9.89. The van der Waals surface area contributed by atoms with Crippen molar-refractivity contribution in [3.63, 3.8) is 0 Å². The molecule has 0 unspecified atom stereocenters. The van der Waals surface area contributed by atoms with E-state index in [1.165, 1.54) is 33.6 Å². The minimum absolute atomic E-state index is 0.104. The van der Waals surface area contributed by atoms with Gasteiger partial charge in [0.15, 0.2) is 5.78 Å². The molecule has 1 saturated carbocycles. The van der Waals surface area contributed by atoms with Crippen LogP contribution in [0.25, 0.3) is 10.7 Å². The van der Waals surface area contributed by atoms with Gasteiger partial charge in [0.1, 0.15) is 32.6 Å². The maximum atomic E-state index is 13.1. The number of likely N-dealkylation sites (tertiary alicyclic amines) is 1. The van der Waals surface area contributed by atoms with Gasteiger partial charge < -0.3 is 30.7 Å². The van der Waals surface area contributed by atoms with Gasteiger partial charge in [0.05, 0.1) is 18.5 Å². The molecule has 2 aliphatic rings. The molecule has 3 heterocycles. The molecule has 0 bridgehead atoms. The summed E-state index contributed by atoms with van der Waals surface area (Å²) in [4.78, 5) is 86.2. The molecule has 5 amide bonds. The van der Waals surface area contributed by atoms with Gasteiger partial charge in [-0.2, -0.15) is 0 Å². The zero-order chi connectivity index (χ0) is 39.0. The molecule has 17 heteroatoms. The van der Waals surface area contributed by atoms with Crippen LogP contribution < -0.4 is 21.3 Å². The normalized spacial score (nSPS) is 17.2. The van der Waals surface area contributed by atoms with Crippen LogP contribution in [0.3, 0.4) is 0 Å². The summed E-state index contributed by atoms with van der Waals surface area (Å²) < 4.78 is 10.7. The molecule has 15 nitrogen and oxygen atoms in total. The molecule has 0 spiro atoms. The number of amides is 5.